The van der Waals surface area contributed by atoms with Gasteiger partial charge >= 0.3 is 0 Å². The molecule has 5 nitrogen and oxygen atoms in total. The lowest BCUT2D eigenvalue weighted by atomic mass is 10.2. The highest BCUT2D eigenvalue weighted by molar-refractivity contribution is 9.10. The van der Waals surface area contributed by atoms with Gasteiger partial charge in [0.1, 0.15) is 11.4 Å². The van der Waals surface area contributed by atoms with Crippen LogP contribution in [-0.4, -0.2) is 25.2 Å². The molecule has 0 aromatic carbocycles. The lowest BCUT2D eigenvalue weighted by molar-refractivity contribution is 0.102. The third-order valence-corrected chi connectivity index (χ3v) is 2.99. The third kappa shape index (κ3) is 1.84. The number of nitrogens with zero attached hydrogens (tertiary/aromatic N) is 4. The second kappa shape index (κ2) is 4.19. The highest BCUT2D eigenvalue weighted by atomic mass is 79.9. The van der Waals surface area contributed by atoms with Gasteiger partial charge in [-0.05, 0) is 34.4 Å². The van der Waals surface area contributed by atoms with Crippen molar-refractivity contribution in [2.45, 2.75) is 13.5 Å². The van der Waals surface area contributed by atoms with E-state index in [-0.39, 0.29) is 5.78 Å². The monoisotopic (exact) mass is 286 g/mol. The number of rotatable bonds is 3. The molecule has 0 N–H and O–H groups in total. The average Bonchev–Trinajstić information content (AvgIpc) is 2.85. The summed E-state index contributed by atoms with van der Waals surface area (Å²) >= 11 is 4.45. The van der Waals surface area contributed by atoms with Crippen molar-refractivity contribution in [3.8, 4) is 0 Å². The van der Waals surface area contributed by atoms with Gasteiger partial charge in [-0.1, -0.05) is 4.49 Å². The molecule has 0 amide bonds. The van der Waals surface area contributed by atoms with E-state index in [9.17, 15) is 4.79 Å². The Hall–Kier alpha value is -1.08. The number of hydrogen-bond acceptors (Lipinski definition) is 5. The molecule has 0 spiro atoms. The van der Waals surface area contributed by atoms with Crippen LogP contribution in [0.4, 0.5) is 0 Å². The Morgan fingerprint density at radius 3 is 3.07 bits per heavy atom. The van der Waals surface area contributed by atoms with Gasteiger partial charge in [-0.2, -0.15) is 5.10 Å². The number of aromatic nitrogens is 4. The van der Waals surface area contributed by atoms with Crippen LogP contribution in [0.5, 0.6) is 0 Å². The molecule has 2 aromatic rings. The van der Waals surface area contributed by atoms with Gasteiger partial charge in [0.15, 0.2) is 0 Å². The third-order valence-electron chi connectivity index (χ3n) is 1.90. The van der Waals surface area contributed by atoms with Gasteiger partial charge in [-0.3, -0.25) is 9.48 Å². The predicted molar refractivity (Wildman–Crippen MR) is 58.9 cm³/mol. The molecular formula is C8H7BrN4OS. The van der Waals surface area contributed by atoms with Crippen LogP contribution in [0.3, 0.4) is 0 Å². The van der Waals surface area contributed by atoms with E-state index in [4.69, 9.17) is 0 Å². The molecule has 0 aliphatic heterocycles. The molecule has 0 radical (unpaired) electrons. The molecule has 2 rings (SSSR count). The molecule has 0 fully saturated rings. The minimum Gasteiger partial charge on any atom is -0.285 e. The number of halogens is 1. The maximum atomic E-state index is 12.0. The van der Waals surface area contributed by atoms with Crippen LogP contribution in [-0.2, 0) is 6.54 Å². The predicted octanol–water partition coefficient (Wildman–Crippen LogP) is 1.75. The van der Waals surface area contributed by atoms with Crippen molar-refractivity contribution in [1.82, 2.24) is 19.4 Å². The van der Waals surface area contributed by atoms with Crippen LogP contribution >= 0.6 is 27.5 Å². The van der Waals surface area contributed by atoms with E-state index in [0.29, 0.717) is 22.4 Å². The van der Waals surface area contributed by atoms with Gasteiger partial charge in [0.05, 0.1) is 10.7 Å². The summed E-state index contributed by atoms with van der Waals surface area (Å²) in [7, 11) is 0. The number of hydrogen-bond donors (Lipinski definition) is 0. The Bertz CT molecular complexity index is 479. The molecule has 0 aliphatic carbocycles. The van der Waals surface area contributed by atoms with Crippen molar-refractivity contribution < 1.29 is 4.79 Å². The van der Waals surface area contributed by atoms with Crippen LogP contribution in [0.1, 0.15) is 23.1 Å². The number of carbonyl (C=O) groups excluding carboxylic acids is 1. The van der Waals surface area contributed by atoms with Crippen LogP contribution in [0.15, 0.2) is 16.0 Å². The standard InChI is InChI=1S/C8H7BrN4OS/c1-2-13-7(5(9)3-10-13)8(14)6-4-15-12-11-6/h3-4H,2H2,1H3. The van der Waals surface area contributed by atoms with Crippen LogP contribution in [0, 0.1) is 0 Å². The van der Waals surface area contributed by atoms with E-state index in [1.54, 1.807) is 16.3 Å². The van der Waals surface area contributed by atoms with Crippen LogP contribution in [0.2, 0.25) is 0 Å². The highest BCUT2D eigenvalue weighted by Gasteiger charge is 2.20. The number of ketones is 1. The topological polar surface area (TPSA) is 60.7 Å². The fourth-order valence-electron chi connectivity index (χ4n) is 1.21. The Kier molecular flexibility index (Phi) is 2.92. The molecule has 0 aliphatic rings. The SMILES string of the molecule is CCn1ncc(Br)c1C(=O)c1csnn1. The largest absolute Gasteiger partial charge is 0.285 e. The second-order valence-corrected chi connectivity index (χ2v) is 4.24. The molecular weight excluding hydrogens is 280 g/mol. The molecule has 0 atom stereocenters. The van der Waals surface area contributed by atoms with Crippen molar-refractivity contribution in [1.29, 1.82) is 0 Å². The summed E-state index contributed by atoms with van der Waals surface area (Å²) in [6.45, 7) is 2.57. The highest BCUT2D eigenvalue weighted by Crippen LogP contribution is 2.19. The zero-order valence-corrected chi connectivity index (χ0v) is 10.2. The summed E-state index contributed by atoms with van der Waals surface area (Å²) in [5.41, 5.74) is 0.876. The van der Waals surface area contributed by atoms with Crippen LogP contribution < -0.4 is 0 Å². The molecule has 2 aromatic heterocycles. The zero-order chi connectivity index (χ0) is 10.8. The van der Waals surface area contributed by atoms with Crippen LogP contribution in [0.25, 0.3) is 0 Å². The van der Waals surface area contributed by atoms with Gasteiger partial charge < -0.3 is 0 Å². The first-order valence-electron chi connectivity index (χ1n) is 4.27. The summed E-state index contributed by atoms with van der Waals surface area (Å²) in [6, 6.07) is 0. The van der Waals surface area contributed by atoms with E-state index in [1.165, 1.54) is 0 Å². The quantitative estimate of drug-likeness (QED) is 0.807. The van der Waals surface area contributed by atoms with E-state index < -0.39 is 0 Å². The fourth-order valence-corrected chi connectivity index (χ4v) is 2.13. The van der Waals surface area contributed by atoms with Crippen molar-refractivity contribution in [2.75, 3.05) is 0 Å². The maximum Gasteiger partial charge on any atom is 0.233 e. The summed E-state index contributed by atoms with van der Waals surface area (Å²) in [6.07, 6.45) is 1.61. The average molecular weight is 287 g/mol. The fraction of sp³-hybridized carbons (Fsp3) is 0.250. The van der Waals surface area contributed by atoms with Crippen molar-refractivity contribution in [3.63, 3.8) is 0 Å². The summed E-state index contributed by atoms with van der Waals surface area (Å²) < 4.78 is 5.98. The van der Waals surface area contributed by atoms with E-state index in [0.717, 1.165) is 11.5 Å². The Morgan fingerprint density at radius 2 is 2.47 bits per heavy atom. The molecule has 7 heteroatoms. The Balaban J connectivity index is 2.45. The van der Waals surface area contributed by atoms with Crippen molar-refractivity contribution in [3.05, 3.63) is 27.4 Å². The van der Waals surface area contributed by atoms with Gasteiger partial charge in [0.2, 0.25) is 5.78 Å². The number of aryl methyl sites for hydroxylation is 1. The Morgan fingerprint density at radius 1 is 1.67 bits per heavy atom. The Labute approximate surface area is 98.4 Å². The van der Waals surface area contributed by atoms with Gasteiger partial charge in [-0.15, -0.1) is 5.10 Å². The van der Waals surface area contributed by atoms with Crippen molar-refractivity contribution in [2.24, 2.45) is 0 Å². The van der Waals surface area contributed by atoms with E-state index >= 15 is 0 Å². The zero-order valence-electron chi connectivity index (χ0n) is 7.85. The first-order chi connectivity index (χ1) is 7.24. The molecule has 78 valence electrons. The van der Waals surface area contributed by atoms with E-state index in [2.05, 4.69) is 30.6 Å². The maximum absolute atomic E-state index is 12.0. The number of carbonyl (C=O) groups is 1. The summed E-state index contributed by atoms with van der Waals surface area (Å²) in [5, 5.41) is 9.44. The minimum absolute atomic E-state index is 0.157. The van der Waals surface area contributed by atoms with Gasteiger partial charge in [0.25, 0.3) is 0 Å². The lowest BCUT2D eigenvalue weighted by Gasteiger charge is -2.01. The molecule has 15 heavy (non-hydrogen) atoms. The summed E-state index contributed by atoms with van der Waals surface area (Å²) in [4.78, 5) is 12.0. The first-order valence-corrected chi connectivity index (χ1v) is 5.90. The molecule has 2 heterocycles. The molecule has 0 bridgehead atoms. The van der Waals surface area contributed by atoms with Gasteiger partial charge in [-0.25, -0.2) is 0 Å². The smallest absolute Gasteiger partial charge is 0.233 e. The first kappa shape index (κ1) is 10.4. The van der Waals surface area contributed by atoms with Gasteiger partial charge in [0, 0.05) is 11.9 Å². The summed E-state index contributed by atoms with van der Waals surface area (Å²) in [5.74, 6) is -0.157. The normalized spacial score (nSPS) is 10.5. The molecule has 0 unspecified atom stereocenters. The lowest BCUT2D eigenvalue weighted by Crippen LogP contribution is -2.11. The van der Waals surface area contributed by atoms with E-state index in [1.807, 2.05) is 6.92 Å². The second-order valence-electron chi connectivity index (χ2n) is 2.78. The minimum atomic E-state index is -0.157. The molecule has 0 saturated heterocycles. The molecule has 0 saturated carbocycles. The van der Waals surface area contributed by atoms with Crippen molar-refractivity contribution >= 4 is 33.2 Å².